The number of piperazine rings is 1. The minimum Gasteiger partial charge on any atom is -0.312 e. The van der Waals surface area contributed by atoms with Crippen molar-refractivity contribution in [3.05, 3.63) is 0 Å². The van der Waals surface area contributed by atoms with Gasteiger partial charge in [0, 0.05) is 37.3 Å². The van der Waals surface area contributed by atoms with Gasteiger partial charge in [0.15, 0.2) is 0 Å². The van der Waals surface area contributed by atoms with E-state index < -0.39 is 0 Å². The quantitative estimate of drug-likeness (QED) is 0.692. The zero-order valence-electron chi connectivity index (χ0n) is 16.9. The second-order valence-corrected chi connectivity index (χ2v) is 9.16. The lowest BCUT2D eigenvalue weighted by Gasteiger charge is -2.36. The minimum atomic E-state index is 0.249. The number of hydrogen-bond donors (Lipinski definition) is 1. The zero-order chi connectivity index (χ0) is 17.5. The van der Waals surface area contributed by atoms with Crippen molar-refractivity contribution in [1.82, 2.24) is 20.0 Å². The molecule has 0 aromatic carbocycles. The first-order valence-corrected chi connectivity index (χ1v) is 9.49. The van der Waals surface area contributed by atoms with Gasteiger partial charge in [-0.05, 0) is 87.6 Å². The van der Waals surface area contributed by atoms with Crippen LogP contribution in [0.5, 0.6) is 0 Å². The molecule has 1 aliphatic heterocycles. The van der Waals surface area contributed by atoms with Gasteiger partial charge in [0.25, 0.3) is 0 Å². The summed E-state index contributed by atoms with van der Waals surface area (Å²) in [5, 5.41) is 3.58. The molecule has 138 valence electrons. The van der Waals surface area contributed by atoms with Crippen molar-refractivity contribution < 1.29 is 0 Å². The van der Waals surface area contributed by atoms with Crippen LogP contribution in [0.25, 0.3) is 0 Å². The predicted octanol–water partition coefficient (Wildman–Crippen LogP) is 2.50. The van der Waals surface area contributed by atoms with E-state index in [0.29, 0.717) is 5.54 Å². The molecule has 0 radical (unpaired) electrons. The Morgan fingerprint density at radius 3 is 1.74 bits per heavy atom. The summed E-state index contributed by atoms with van der Waals surface area (Å²) in [6.07, 6.45) is 2.54. The third-order valence-corrected chi connectivity index (χ3v) is 4.88. The molecular formula is C19H42N4. The molecule has 1 fully saturated rings. The van der Waals surface area contributed by atoms with Gasteiger partial charge in [-0.1, -0.05) is 0 Å². The maximum absolute atomic E-state index is 3.58. The second-order valence-electron chi connectivity index (χ2n) is 9.16. The Morgan fingerprint density at radius 1 is 0.826 bits per heavy atom. The van der Waals surface area contributed by atoms with E-state index in [-0.39, 0.29) is 5.54 Å². The maximum Gasteiger partial charge on any atom is 0.0122 e. The predicted molar refractivity (Wildman–Crippen MR) is 102 cm³/mol. The molecule has 1 rings (SSSR count). The van der Waals surface area contributed by atoms with Gasteiger partial charge in [-0.15, -0.1) is 0 Å². The fraction of sp³-hybridized carbons (Fsp3) is 1.00. The average Bonchev–Trinajstić information content (AvgIpc) is 2.43. The molecule has 1 aliphatic rings. The molecule has 1 saturated heterocycles. The van der Waals surface area contributed by atoms with Crippen LogP contribution in [-0.2, 0) is 0 Å². The topological polar surface area (TPSA) is 21.8 Å². The number of rotatable bonds is 8. The van der Waals surface area contributed by atoms with Crippen molar-refractivity contribution in [2.45, 2.75) is 65.5 Å². The Balaban J connectivity index is 2.07. The standard InChI is InChI=1S/C19H42N4/c1-18(2,3)20-10-8-12-22-14-16-23(17-15-22)13-9-11-21(7)19(4,5)6/h20H,8-17H2,1-7H3. The SMILES string of the molecule is CN(CCCN1CCN(CCCNC(C)(C)C)CC1)C(C)(C)C. The van der Waals surface area contributed by atoms with Gasteiger partial charge in [0.2, 0.25) is 0 Å². The fourth-order valence-corrected chi connectivity index (χ4v) is 2.87. The van der Waals surface area contributed by atoms with Crippen molar-refractivity contribution >= 4 is 0 Å². The van der Waals surface area contributed by atoms with Gasteiger partial charge in [-0.3, -0.25) is 0 Å². The first kappa shape index (κ1) is 20.9. The summed E-state index contributed by atoms with van der Waals surface area (Å²) in [5.74, 6) is 0. The highest BCUT2D eigenvalue weighted by atomic mass is 15.3. The summed E-state index contributed by atoms with van der Waals surface area (Å²) in [6, 6.07) is 0. The fourth-order valence-electron chi connectivity index (χ4n) is 2.87. The van der Waals surface area contributed by atoms with Crippen LogP contribution in [0, 0.1) is 0 Å². The number of nitrogens with one attached hydrogen (secondary N) is 1. The molecular weight excluding hydrogens is 284 g/mol. The van der Waals surface area contributed by atoms with E-state index >= 15 is 0 Å². The van der Waals surface area contributed by atoms with Crippen molar-refractivity contribution in [1.29, 1.82) is 0 Å². The molecule has 0 amide bonds. The third kappa shape index (κ3) is 9.65. The highest BCUT2D eigenvalue weighted by molar-refractivity contribution is 4.76. The lowest BCUT2D eigenvalue weighted by molar-refractivity contribution is 0.117. The molecule has 0 aromatic heterocycles. The van der Waals surface area contributed by atoms with Crippen LogP contribution < -0.4 is 5.32 Å². The van der Waals surface area contributed by atoms with Crippen molar-refractivity contribution in [3.63, 3.8) is 0 Å². The third-order valence-electron chi connectivity index (χ3n) is 4.88. The average molecular weight is 327 g/mol. The van der Waals surface area contributed by atoms with E-state index in [0.717, 1.165) is 6.54 Å². The normalized spacial score (nSPS) is 18.8. The Morgan fingerprint density at radius 2 is 1.30 bits per heavy atom. The van der Waals surface area contributed by atoms with Gasteiger partial charge in [-0.2, -0.15) is 0 Å². The van der Waals surface area contributed by atoms with E-state index in [9.17, 15) is 0 Å². The van der Waals surface area contributed by atoms with Crippen molar-refractivity contribution in [2.24, 2.45) is 0 Å². The molecule has 1 heterocycles. The molecule has 0 aliphatic carbocycles. The van der Waals surface area contributed by atoms with Gasteiger partial charge in [0.05, 0.1) is 0 Å². The van der Waals surface area contributed by atoms with Crippen LogP contribution in [0.1, 0.15) is 54.4 Å². The Labute approximate surface area is 145 Å². The number of hydrogen-bond acceptors (Lipinski definition) is 4. The summed E-state index contributed by atoms with van der Waals surface area (Å²) in [7, 11) is 2.24. The first-order valence-electron chi connectivity index (χ1n) is 9.49. The van der Waals surface area contributed by atoms with Crippen LogP contribution >= 0.6 is 0 Å². The van der Waals surface area contributed by atoms with Crippen LogP contribution in [0.15, 0.2) is 0 Å². The van der Waals surface area contributed by atoms with E-state index in [1.165, 1.54) is 58.7 Å². The van der Waals surface area contributed by atoms with E-state index in [1.807, 2.05) is 0 Å². The zero-order valence-corrected chi connectivity index (χ0v) is 16.9. The highest BCUT2D eigenvalue weighted by Gasteiger charge is 2.19. The van der Waals surface area contributed by atoms with Crippen LogP contribution in [0.4, 0.5) is 0 Å². The monoisotopic (exact) mass is 326 g/mol. The lowest BCUT2D eigenvalue weighted by Crippen LogP contribution is -2.48. The summed E-state index contributed by atoms with van der Waals surface area (Å²) in [4.78, 5) is 7.73. The van der Waals surface area contributed by atoms with E-state index in [2.05, 4.69) is 68.6 Å². The van der Waals surface area contributed by atoms with Gasteiger partial charge >= 0.3 is 0 Å². The van der Waals surface area contributed by atoms with Gasteiger partial charge in [0.1, 0.15) is 0 Å². The number of nitrogens with zero attached hydrogens (tertiary/aromatic N) is 3. The molecule has 1 N–H and O–H groups in total. The second kappa shape index (κ2) is 9.36. The lowest BCUT2D eigenvalue weighted by atomic mass is 10.1. The molecule has 0 aromatic rings. The molecule has 0 unspecified atom stereocenters. The summed E-state index contributed by atoms with van der Waals surface area (Å²) >= 11 is 0. The van der Waals surface area contributed by atoms with Crippen molar-refractivity contribution in [3.8, 4) is 0 Å². The Hall–Kier alpha value is -0.160. The van der Waals surface area contributed by atoms with E-state index in [1.54, 1.807) is 0 Å². The Kier molecular flexibility index (Phi) is 8.50. The molecule has 4 heteroatoms. The highest BCUT2D eigenvalue weighted by Crippen LogP contribution is 2.11. The maximum atomic E-state index is 3.58. The van der Waals surface area contributed by atoms with Crippen LogP contribution in [-0.4, -0.2) is 85.2 Å². The van der Waals surface area contributed by atoms with Gasteiger partial charge < -0.3 is 20.0 Å². The Bertz CT molecular complexity index is 308. The largest absolute Gasteiger partial charge is 0.312 e. The van der Waals surface area contributed by atoms with E-state index in [4.69, 9.17) is 0 Å². The smallest absolute Gasteiger partial charge is 0.0122 e. The van der Waals surface area contributed by atoms with Gasteiger partial charge in [-0.25, -0.2) is 0 Å². The summed E-state index contributed by atoms with van der Waals surface area (Å²) < 4.78 is 0. The molecule has 23 heavy (non-hydrogen) atoms. The summed E-state index contributed by atoms with van der Waals surface area (Å²) in [6.45, 7) is 23.4. The van der Waals surface area contributed by atoms with Crippen LogP contribution in [0.2, 0.25) is 0 Å². The summed E-state index contributed by atoms with van der Waals surface area (Å²) in [5.41, 5.74) is 0.540. The molecule has 4 nitrogen and oxygen atoms in total. The van der Waals surface area contributed by atoms with Crippen LogP contribution in [0.3, 0.4) is 0 Å². The van der Waals surface area contributed by atoms with Crippen molar-refractivity contribution in [2.75, 3.05) is 59.4 Å². The first-order chi connectivity index (χ1) is 10.6. The minimum absolute atomic E-state index is 0.249. The molecule has 0 saturated carbocycles. The molecule has 0 bridgehead atoms. The molecule has 0 atom stereocenters. The molecule has 0 spiro atoms.